The number of hydrogen-bond donors (Lipinski definition) is 1. The van der Waals surface area contributed by atoms with Crippen molar-refractivity contribution in [3.05, 3.63) is 127 Å². The SMILES string of the molecule is O=C(O)/C=C/c1cccc(N=CC[P+](c2ccccc2)(c2ccccc2)c2ccccc2)c1.[Cl-]. The van der Waals surface area contributed by atoms with Crippen LogP contribution in [0.1, 0.15) is 5.56 Å². The van der Waals surface area contributed by atoms with E-state index in [-0.39, 0.29) is 12.4 Å². The average Bonchev–Trinajstić information content (AvgIpc) is 2.87. The van der Waals surface area contributed by atoms with Gasteiger partial charge < -0.3 is 17.5 Å². The van der Waals surface area contributed by atoms with Crippen LogP contribution in [0.4, 0.5) is 5.69 Å². The summed E-state index contributed by atoms with van der Waals surface area (Å²) in [6.45, 7) is 0. The molecular formula is C29H25ClNO2P. The molecule has 0 spiro atoms. The lowest BCUT2D eigenvalue weighted by Crippen LogP contribution is -3.00. The molecule has 0 aliphatic rings. The van der Waals surface area contributed by atoms with Crippen molar-refractivity contribution in [3.63, 3.8) is 0 Å². The number of carboxylic acid groups (broad SMARTS) is 1. The van der Waals surface area contributed by atoms with Gasteiger partial charge in [0, 0.05) is 12.3 Å². The smallest absolute Gasteiger partial charge is 0.328 e. The average molecular weight is 486 g/mol. The van der Waals surface area contributed by atoms with Crippen molar-refractivity contribution >= 4 is 47.1 Å². The molecule has 0 heterocycles. The third-order valence-electron chi connectivity index (χ3n) is 5.48. The molecule has 170 valence electrons. The van der Waals surface area contributed by atoms with E-state index in [0.717, 1.165) is 23.5 Å². The van der Waals surface area contributed by atoms with E-state index < -0.39 is 13.2 Å². The Kier molecular flexibility index (Phi) is 8.93. The normalized spacial score (nSPS) is 11.4. The highest BCUT2D eigenvalue weighted by Crippen LogP contribution is 2.54. The Balaban J connectivity index is 0.00000324. The molecule has 3 nitrogen and oxygen atoms in total. The van der Waals surface area contributed by atoms with Crippen LogP contribution in [-0.4, -0.2) is 23.5 Å². The van der Waals surface area contributed by atoms with Crippen LogP contribution < -0.4 is 28.3 Å². The van der Waals surface area contributed by atoms with Crippen LogP contribution in [0.5, 0.6) is 0 Å². The maximum atomic E-state index is 10.8. The number of rotatable bonds is 8. The number of aliphatic carboxylic acids is 1. The Labute approximate surface area is 207 Å². The summed E-state index contributed by atoms with van der Waals surface area (Å²) in [7, 11) is -1.97. The van der Waals surface area contributed by atoms with Crippen LogP contribution in [0.3, 0.4) is 0 Å². The molecule has 4 aromatic carbocycles. The zero-order valence-corrected chi connectivity index (χ0v) is 20.2. The van der Waals surface area contributed by atoms with Crippen LogP contribution >= 0.6 is 7.26 Å². The first-order valence-electron chi connectivity index (χ1n) is 10.8. The van der Waals surface area contributed by atoms with Gasteiger partial charge in [-0.05, 0) is 60.2 Å². The number of carboxylic acids is 1. The van der Waals surface area contributed by atoms with Crippen molar-refractivity contribution in [1.82, 2.24) is 0 Å². The first-order chi connectivity index (χ1) is 16.2. The monoisotopic (exact) mass is 485 g/mol. The van der Waals surface area contributed by atoms with Crippen molar-refractivity contribution in [3.8, 4) is 0 Å². The van der Waals surface area contributed by atoms with Crippen LogP contribution in [0.2, 0.25) is 0 Å². The predicted octanol–water partition coefficient (Wildman–Crippen LogP) is 2.48. The summed E-state index contributed by atoms with van der Waals surface area (Å²) in [5.41, 5.74) is 1.61. The van der Waals surface area contributed by atoms with E-state index in [9.17, 15) is 4.79 Å². The van der Waals surface area contributed by atoms with E-state index in [2.05, 4.69) is 91.0 Å². The van der Waals surface area contributed by atoms with E-state index >= 15 is 0 Å². The van der Waals surface area contributed by atoms with E-state index in [1.165, 1.54) is 15.9 Å². The van der Waals surface area contributed by atoms with Crippen LogP contribution in [0.15, 0.2) is 126 Å². The highest BCUT2D eigenvalue weighted by Gasteiger charge is 2.44. The summed E-state index contributed by atoms with van der Waals surface area (Å²) in [6.07, 6.45) is 5.51. The molecule has 1 N–H and O–H groups in total. The predicted molar refractivity (Wildman–Crippen MR) is 141 cm³/mol. The van der Waals surface area contributed by atoms with Crippen LogP contribution in [-0.2, 0) is 4.79 Å². The molecule has 0 amide bonds. The molecule has 34 heavy (non-hydrogen) atoms. The summed E-state index contributed by atoms with van der Waals surface area (Å²) < 4.78 is 0. The van der Waals surface area contributed by atoms with Gasteiger partial charge >= 0.3 is 5.97 Å². The Bertz CT molecular complexity index is 1160. The Morgan fingerprint density at radius 3 is 1.71 bits per heavy atom. The second kappa shape index (κ2) is 12.1. The Morgan fingerprint density at radius 2 is 1.24 bits per heavy atom. The number of benzene rings is 4. The van der Waals surface area contributed by atoms with Crippen molar-refractivity contribution in [2.75, 3.05) is 6.16 Å². The molecule has 0 aromatic heterocycles. The van der Waals surface area contributed by atoms with Gasteiger partial charge in [0.1, 0.15) is 29.3 Å². The third kappa shape index (κ3) is 5.88. The minimum absolute atomic E-state index is 0. The molecule has 0 aliphatic heterocycles. The third-order valence-corrected chi connectivity index (χ3v) is 9.73. The quantitative estimate of drug-likeness (QED) is 0.237. The van der Waals surface area contributed by atoms with Gasteiger partial charge in [-0.15, -0.1) is 0 Å². The van der Waals surface area contributed by atoms with Gasteiger partial charge in [-0.1, -0.05) is 66.7 Å². The standard InChI is InChI=1S/C29H24NO2P.ClH/c31-29(32)20-19-24-11-10-12-25(23-24)30-21-22-33(26-13-4-1-5-14-26,27-15-6-2-7-16-27)28-17-8-3-9-18-28;/h1-21,23H,22H2;1H/b20-19+,30-21?;. The molecule has 0 saturated heterocycles. The molecule has 0 unspecified atom stereocenters. The molecule has 0 atom stereocenters. The Hall–Kier alpha value is -3.52. The van der Waals surface area contributed by atoms with E-state index in [1.54, 1.807) is 6.08 Å². The largest absolute Gasteiger partial charge is 1.00 e. The number of hydrogen-bond acceptors (Lipinski definition) is 2. The van der Waals surface area contributed by atoms with Crippen molar-refractivity contribution in [1.29, 1.82) is 0 Å². The first kappa shape index (κ1) is 25.1. The fourth-order valence-electron chi connectivity index (χ4n) is 3.96. The van der Waals surface area contributed by atoms with Gasteiger partial charge in [0.15, 0.2) is 0 Å². The summed E-state index contributed by atoms with van der Waals surface area (Å²) >= 11 is 0. The molecule has 0 bridgehead atoms. The molecule has 0 fully saturated rings. The summed E-state index contributed by atoms with van der Waals surface area (Å²) in [4.78, 5) is 15.6. The topological polar surface area (TPSA) is 49.7 Å². The minimum Gasteiger partial charge on any atom is -1.00 e. The maximum Gasteiger partial charge on any atom is 0.328 e. The molecule has 4 rings (SSSR count). The van der Waals surface area contributed by atoms with E-state index in [0.29, 0.717) is 0 Å². The van der Waals surface area contributed by atoms with Crippen LogP contribution in [0.25, 0.3) is 6.08 Å². The number of carbonyl (C=O) groups is 1. The van der Waals surface area contributed by atoms with Gasteiger partial charge in [-0.2, -0.15) is 0 Å². The van der Waals surface area contributed by atoms with Crippen LogP contribution in [0, 0.1) is 0 Å². The highest BCUT2D eigenvalue weighted by molar-refractivity contribution is 7.96. The molecule has 0 radical (unpaired) electrons. The van der Waals surface area contributed by atoms with Gasteiger partial charge in [0.2, 0.25) is 0 Å². The van der Waals surface area contributed by atoms with Gasteiger partial charge in [-0.25, -0.2) is 4.79 Å². The lowest BCUT2D eigenvalue weighted by Gasteiger charge is -2.26. The lowest BCUT2D eigenvalue weighted by molar-refractivity contribution is -0.131. The molecule has 0 aliphatic carbocycles. The second-order valence-corrected chi connectivity index (χ2v) is 11.1. The Morgan fingerprint density at radius 1 is 0.735 bits per heavy atom. The van der Waals surface area contributed by atoms with Crippen molar-refractivity contribution < 1.29 is 22.3 Å². The fraction of sp³-hybridized carbons (Fsp3) is 0.0345. The fourth-order valence-corrected chi connectivity index (χ4v) is 7.85. The van der Waals surface area contributed by atoms with Gasteiger partial charge in [-0.3, -0.25) is 4.99 Å². The highest BCUT2D eigenvalue weighted by atomic mass is 35.5. The zero-order chi connectivity index (χ0) is 22.9. The molecule has 0 saturated carbocycles. The van der Waals surface area contributed by atoms with Gasteiger partial charge in [0.05, 0.1) is 5.69 Å². The van der Waals surface area contributed by atoms with Crippen molar-refractivity contribution in [2.24, 2.45) is 4.99 Å². The van der Waals surface area contributed by atoms with E-state index in [4.69, 9.17) is 10.1 Å². The molecule has 4 aromatic rings. The van der Waals surface area contributed by atoms with Crippen molar-refractivity contribution in [2.45, 2.75) is 0 Å². The van der Waals surface area contributed by atoms with E-state index in [1.807, 2.05) is 30.5 Å². The maximum absolute atomic E-state index is 10.8. The molecular weight excluding hydrogens is 461 g/mol. The minimum atomic E-state index is -1.97. The first-order valence-corrected chi connectivity index (χ1v) is 12.7. The summed E-state index contributed by atoms with van der Waals surface area (Å²) in [5, 5.41) is 12.8. The zero-order valence-electron chi connectivity index (χ0n) is 18.5. The molecule has 5 heteroatoms. The van der Waals surface area contributed by atoms with Gasteiger partial charge in [0.25, 0.3) is 0 Å². The summed E-state index contributed by atoms with van der Waals surface area (Å²) in [6, 6.07) is 39.7. The number of halogens is 1. The lowest BCUT2D eigenvalue weighted by atomic mass is 10.2. The second-order valence-electron chi connectivity index (χ2n) is 7.58. The summed E-state index contributed by atoms with van der Waals surface area (Å²) in [5.74, 6) is -0.966. The number of aliphatic imine (C=N–C) groups is 1. The number of nitrogens with zero attached hydrogens (tertiary/aromatic N) is 1.